The molecule has 1 aliphatic rings. The van der Waals surface area contributed by atoms with Crippen LogP contribution < -0.4 is 4.74 Å². The topological polar surface area (TPSA) is 72.4 Å². The lowest BCUT2D eigenvalue weighted by Crippen LogP contribution is -2.51. The van der Waals surface area contributed by atoms with Crippen LogP contribution >= 0.6 is 11.6 Å². The van der Waals surface area contributed by atoms with Gasteiger partial charge in [0.05, 0.1) is 25.3 Å². The number of rotatable bonds is 4. The van der Waals surface area contributed by atoms with E-state index in [0.29, 0.717) is 25.6 Å². The second kappa shape index (κ2) is 4.75. The van der Waals surface area contributed by atoms with Crippen LogP contribution in [0.3, 0.4) is 0 Å². The van der Waals surface area contributed by atoms with Crippen molar-refractivity contribution in [3.8, 4) is 5.88 Å². The maximum atomic E-state index is 11.1. The molecule has 0 N–H and O–H groups in total. The molecular weight excluding hydrogens is 266 g/mol. The highest BCUT2D eigenvalue weighted by molar-refractivity contribution is 7.88. The molecule has 2 heterocycles. The zero-order chi connectivity index (χ0) is 12.5. The second-order valence-corrected chi connectivity index (χ2v) is 6.31. The summed E-state index contributed by atoms with van der Waals surface area (Å²) in [5.41, 5.74) is 0. The Kier molecular flexibility index (Phi) is 3.50. The van der Waals surface area contributed by atoms with E-state index in [0.717, 1.165) is 0 Å². The molecule has 17 heavy (non-hydrogen) atoms. The van der Waals surface area contributed by atoms with E-state index in [1.165, 1.54) is 23.0 Å². The van der Waals surface area contributed by atoms with Gasteiger partial charge < -0.3 is 4.74 Å². The van der Waals surface area contributed by atoms with Gasteiger partial charge in [-0.3, -0.25) is 4.98 Å². The summed E-state index contributed by atoms with van der Waals surface area (Å²) in [6, 6.07) is 0. The van der Waals surface area contributed by atoms with Gasteiger partial charge in [-0.2, -0.15) is 4.98 Å². The summed E-state index contributed by atoms with van der Waals surface area (Å²) in [4.78, 5) is 7.75. The largest absolute Gasteiger partial charge is 0.476 e. The lowest BCUT2D eigenvalue weighted by Gasteiger charge is -2.36. The Balaban J connectivity index is 1.79. The predicted octanol–water partition coefficient (Wildman–Crippen LogP) is 0.400. The maximum absolute atomic E-state index is 11.1. The van der Waals surface area contributed by atoms with Crippen molar-refractivity contribution < 1.29 is 13.2 Å². The van der Waals surface area contributed by atoms with Gasteiger partial charge in [0.25, 0.3) is 0 Å². The summed E-state index contributed by atoms with van der Waals surface area (Å²) >= 11 is 5.65. The molecule has 8 heteroatoms. The Hall–Kier alpha value is -0.920. The number of sulfonamides is 1. The fourth-order valence-electron chi connectivity index (χ4n) is 1.50. The fraction of sp³-hybridized carbons (Fsp3) is 0.556. The van der Waals surface area contributed by atoms with Gasteiger partial charge in [-0.1, -0.05) is 11.6 Å². The van der Waals surface area contributed by atoms with Crippen molar-refractivity contribution in [1.29, 1.82) is 0 Å². The molecule has 2 rings (SSSR count). The third-order valence-electron chi connectivity index (χ3n) is 2.44. The van der Waals surface area contributed by atoms with Gasteiger partial charge in [0.1, 0.15) is 0 Å². The standard InChI is InChI=1S/C9H12ClN3O3S/c1-17(14,15)13-4-7(5-13)6-16-9-3-11-2-8(10)12-9/h2-3,7H,4-6H2,1H3. The van der Waals surface area contributed by atoms with Gasteiger partial charge in [0.2, 0.25) is 15.9 Å². The minimum Gasteiger partial charge on any atom is -0.476 e. The van der Waals surface area contributed by atoms with Crippen LogP contribution in [0, 0.1) is 5.92 Å². The third-order valence-corrected chi connectivity index (χ3v) is 3.86. The van der Waals surface area contributed by atoms with Gasteiger partial charge >= 0.3 is 0 Å². The Morgan fingerprint density at radius 3 is 2.82 bits per heavy atom. The van der Waals surface area contributed by atoms with E-state index in [2.05, 4.69) is 9.97 Å². The highest BCUT2D eigenvalue weighted by atomic mass is 35.5. The molecule has 1 saturated heterocycles. The van der Waals surface area contributed by atoms with Crippen molar-refractivity contribution >= 4 is 21.6 Å². The van der Waals surface area contributed by atoms with E-state index in [9.17, 15) is 8.42 Å². The Labute approximate surface area is 105 Å². The highest BCUT2D eigenvalue weighted by Crippen LogP contribution is 2.19. The average molecular weight is 278 g/mol. The molecule has 1 aliphatic heterocycles. The molecule has 0 atom stereocenters. The van der Waals surface area contributed by atoms with E-state index in [1.807, 2.05) is 0 Å². The van der Waals surface area contributed by atoms with Crippen molar-refractivity contribution in [2.75, 3.05) is 26.0 Å². The highest BCUT2D eigenvalue weighted by Gasteiger charge is 2.33. The first kappa shape index (κ1) is 12.5. The molecule has 0 radical (unpaired) electrons. The van der Waals surface area contributed by atoms with Crippen LogP contribution in [0.5, 0.6) is 5.88 Å². The minimum absolute atomic E-state index is 0.200. The Bertz CT molecular complexity index is 502. The average Bonchev–Trinajstić information content (AvgIpc) is 2.13. The van der Waals surface area contributed by atoms with Crippen LogP contribution in [-0.4, -0.2) is 48.6 Å². The summed E-state index contributed by atoms with van der Waals surface area (Å²) in [5.74, 6) is 0.556. The number of hydrogen-bond donors (Lipinski definition) is 0. The van der Waals surface area contributed by atoms with Crippen LogP contribution in [0.2, 0.25) is 5.15 Å². The predicted molar refractivity (Wildman–Crippen MR) is 62.4 cm³/mol. The summed E-state index contributed by atoms with van der Waals surface area (Å²) in [5, 5.41) is 0.272. The number of hydrogen-bond acceptors (Lipinski definition) is 5. The molecule has 6 nitrogen and oxygen atoms in total. The molecule has 0 saturated carbocycles. The van der Waals surface area contributed by atoms with Crippen molar-refractivity contribution in [2.45, 2.75) is 0 Å². The second-order valence-electron chi connectivity index (χ2n) is 3.94. The molecule has 0 aliphatic carbocycles. The fourth-order valence-corrected chi connectivity index (χ4v) is 2.60. The first-order valence-electron chi connectivity index (χ1n) is 5.00. The summed E-state index contributed by atoms with van der Waals surface area (Å²) in [7, 11) is -3.06. The maximum Gasteiger partial charge on any atom is 0.233 e. The lowest BCUT2D eigenvalue weighted by molar-refractivity contribution is 0.127. The van der Waals surface area contributed by atoms with Crippen LogP contribution in [0.15, 0.2) is 12.4 Å². The first-order chi connectivity index (χ1) is 7.95. The SMILES string of the molecule is CS(=O)(=O)N1CC(COc2cncc(Cl)n2)C1. The van der Waals surface area contributed by atoms with Crippen LogP contribution in [-0.2, 0) is 10.0 Å². The summed E-state index contributed by atoms with van der Waals surface area (Å²) < 4.78 is 29.0. The van der Waals surface area contributed by atoms with E-state index >= 15 is 0 Å². The number of halogens is 1. The summed E-state index contributed by atoms with van der Waals surface area (Å²) in [6.07, 6.45) is 4.09. The van der Waals surface area contributed by atoms with Gasteiger partial charge in [0.15, 0.2) is 5.15 Å². The van der Waals surface area contributed by atoms with Crippen LogP contribution in [0.25, 0.3) is 0 Å². The van der Waals surface area contributed by atoms with Crippen molar-refractivity contribution in [3.63, 3.8) is 0 Å². The van der Waals surface area contributed by atoms with E-state index < -0.39 is 10.0 Å². The van der Waals surface area contributed by atoms with Crippen LogP contribution in [0.4, 0.5) is 0 Å². The van der Waals surface area contributed by atoms with E-state index in [-0.39, 0.29) is 11.1 Å². The van der Waals surface area contributed by atoms with Crippen molar-refractivity contribution in [1.82, 2.24) is 14.3 Å². The third kappa shape index (κ3) is 3.27. The van der Waals surface area contributed by atoms with Crippen molar-refractivity contribution in [2.24, 2.45) is 5.92 Å². The number of ether oxygens (including phenoxy) is 1. The Morgan fingerprint density at radius 1 is 1.53 bits per heavy atom. The summed E-state index contributed by atoms with van der Waals surface area (Å²) in [6.45, 7) is 1.40. The smallest absolute Gasteiger partial charge is 0.233 e. The van der Waals surface area contributed by atoms with E-state index in [1.54, 1.807) is 0 Å². The van der Waals surface area contributed by atoms with Gasteiger partial charge in [-0.15, -0.1) is 0 Å². The van der Waals surface area contributed by atoms with Gasteiger partial charge in [-0.05, 0) is 0 Å². The molecule has 0 aromatic carbocycles. The van der Waals surface area contributed by atoms with Gasteiger partial charge in [-0.25, -0.2) is 12.7 Å². The lowest BCUT2D eigenvalue weighted by atomic mass is 10.1. The van der Waals surface area contributed by atoms with E-state index in [4.69, 9.17) is 16.3 Å². The monoisotopic (exact) mass is 277 g/mol. The molecule has 1 aromatic rings. The minimum atomic E-state index is -3.06. The molecule has 0 spiro atoms. The van der Waals surface area contributed by atoms with Gasteiger partial charge in [0, 0.05) is 19.0 Å². The molecule has 94 valence electrons. The number of aromatic nitrogens is 2. The molecule has 0 amide bonds. The molecule has 0 unspecified atom stereocenters. The Morgan fingerprint density at radius 2 is 2.24 bits per heavy atom. The molecule has 1 aromatic heterocycles. The number of nitrogens with zero attached hydrogens (tertiary/aromatic N) is 3. The molecule has 1 fully saturated rings. The van der Waals surface area contributed by atoms with Crippen LogP contribution in [0.1, 0.15) is 0 Å². The zero-order valence-electron chi connectivity index (χ0n) is 9.21. The quantitative estimate of drug-likeness (QED) is 0.797. The molecule has 0 bridgehead atoms. The van der Waals surface area contributed by atoms with Crippen molar-refractivity contribution in [3.05, 3.63) is 17.5 Å². The first-order valence-corrected chi connectivity index (χ1v) is 7.23. The normalized spacial score (nSPS) is 17.8. The molecular formula is C9H12ClN3O3S. The zero-order valence-corrected chi connectivity index (χ0v) is 10.8.